The van der Waals surface area contributed by atoms with E-state index in [1.54, 1.807) is 21.3 Å². The van der Waals surface area contributed by atoms with Gasteiger partial charge in [-0.25, -0.2) is 0 Å². The predicted molar refractivity (Wildman–Crippen MR) is 75.4 cm³/mol. The smallest absolute Gasteiger partial charge is 0.164 e. The molecular weight excluding hydrogens is 242 g/mol. The summed E-state index contributed by atoms with van der Waals surface area (Å²) >= 11 is 0. The number of nitrogens with one attached hydrogen (secondary N) is 1. The fourth-order valence-corrected chi connectivity index (χ4v) is 2.62. The first-order chi connectivity index (χ1) is 9.28. The number of rotatable bonds is 6. The summed E-state index contributed by atoms with van der Waals surface area (Å²) in [7, 11) is 4.99. The molecule has 1 N–H and O–H groups in total. The molecule has 4 nitrogen and oxygen atoms in total. The Kier molecular flexibility index (Phi) is 4.91. The van der Waals surface area contributed by atoms with Crippen LogP contribution in [0.3, 0.4) is 0 Å². The monoisotopic (exact) mass is 265 g/mol. The number of aryl methyl sites for hydroxylation is 1. The molecule has 2 rings (SSSR count). The van der Waals surface area contributed by atoms with E-state index in [1.807, 2.05) is 12.1 Å². The molecule has 1 heterocycles. The molecule has 0 saturated carbocycles. The number of methoxy groups -OCH3 is 3. The summed E-state index contributed by atoms with van der Waals surface area (Å²) < 4.78 is 16.1. The molecule has 106 valence electrons. The van der Waals surface area contributed by atoms with Crippen molar-refractivity contribution in [3.8, 4) is 17.2 Å². The van der Waals surface area contributed by atoms with Crippen molar-refractivity contribution in [2.45, 2.75) is 31.7 Å². The number of hydrogen-bond donors (Lipinski definition) is 1. The van der Waals surface area contributed by atoms with Gasteiger partial charge in [-0.2, -0.15) is 0 Å². The molecule has 1 fully saturated rings. The van der Waals surface area contributed by atoms with Crippen LogP contribution in [0.25, 0.3) is 0 Å². The standard InChI is InChI=1S/C15H23NO3/c1-17-13-10-15(19-3)14(18-2)9-11(13)6-7-12-5-4-8-16-12/h9-10,12,16H,4-8H2,1-3H3. The summed E-state index contributed by atoms with van der Waals surface area (Å²) in [5.41, 5.74) is 1.17. The van der Waals surface area contributed by atoms with Gasteiger partial charge in [-0.3, -0.25) is 0 Å². The Morgan fingerprint density at radius 1 is 1.05 bits per heavy atom. The van der Waals surface area contributed by atoms with E-state index in [2.05, 4.69) is 5.32 Å². The summed E-state index contributed by atoms with van der Waals surface area (Å²) in [6.07, 6.45) is 4.68. The molecule has 1 aliphatic rings. The molecule has 1 aliphatic heterocycles. The van der Waals surface area contributed by atoms with Crippen molar-refractivity contribution < 1.29 is 14.2 Å². The van der Waals surface area contributed by atoms with Crippen molar-refractivity contribution in [1.29, 1.82) is 0 Å². The first-order valence-corrected chi connectivity index (χ1v) is 6.80. The molecule has 1 unspecified atom stereocenters. The lowest BCUT2D eigenvalue weighted by atomic mass is 10.0. The van der Waals surface area contributed by atoms with E-state index in [-0.39, 0.29) is 0 Å². The van der Waals surface area contributed by atoms with Crippen molar-refractivity contribution in [1.82, 2.24) is 5.32 Å². The van der Waals surface area contributed by atoms with Crippen LogP contribution in [0.4, 0.5) is 0 Å². The van der Waals surface area contributed by atoms with Crippen molar-refractivity contribution in [2.75, 3.05) is 27.9 Å². The maximum atomic E-state index is 5.45. The lowest BCUT2D eigenvalue weighted by Gasteiger charge is -2.15. The Balaban J connectivity index is 2.12. The van der Waals surface area contributed by atoms with Gasteiger partial charge in [-0.05, 0) is 43.9 Å². The van der Waals surface area contributed by atoms with Gasteiger partial charge in [0.15, 0.2) is 11.5 Å². The van der Waals surface area contributed by atoms with Crippen LogP contribution < -0.4 is 19.5 Å². The van der Waals surface area contributed by atoms with Crippen LogP contribution in [-0.2, 0) is 6.42 Å². The van der Waals surface area contributed by atoms with Crippen LogP contribution in [0.5, 0.6) is 17.2 Å². The van der Waals surface area contributed by atoms with E-state index < -0.39 is 0 Å². The van der Waals surface area contributed by atoms with Crippen LogP contribution in [0.2, 0.25) is 0 Å². The zero-order chi connectivity index (χ0) is 13.7. The highest BCUT2D eigenvalue weighted by Gasteiger charge is 2.16. The third kappa shape index (κ3) is 3.32. The number of benzene rings is 1. The van der Waals surface area contributed by atoms with Crippen LogP contribution >= 0.6 is 0 Å². The normalized spacial score (nSPS) is 18.4. The minimum atomic E-state index is 0.637. The van der Waals surface area contributed by atoms with Crippen molar-refractivity contribution in [3.63, 3.8) is 0 Å². The van der Waals surface area contributed by atoms with E-state index in [0.717, 1.165) is 30.9 Å². The third-order valence-electron chi connectivity index (χ3n) is 3.71. The van der Waals surface area contributed by atoms with E-state index in [9.17, 15) is 0 Å². The molecule has 0 amide bonds. The quantitative estimate of drug-likeness (QED) is 0.857. The summed E-state index contributed by atoms with van der Waals surface area (Å²) in [5.74, 6) is 2.34. The van der Waals surface area contributed by atoms with E-state index in [4.69, 9.17) is 14.2 Å². The van der Waals surface area contributed by atoms with Crippen molar-refractivity contribution in [3.05, 3.63) is 17.7 Å². The van der Waals surface area contributed by atoms with Crippen LogP contribution in [0, 0.1) is 0 Å². The Morgan fingerprint density at radius 3 is 2.32 bits per heavy atom. The molecule has 0 aromatic heterocycles. The van der Waals surface area contributed by atoms with E-state index >= 15 is 0 Å². The first kappa shape index (κ1) is 14.0. The molecule has 19 heavy (non-hydrogen) atoms. The van der Waals surface area contributed by atoms with Crippen molar-refractivity contribution in [2.24, 2.45) is 0 Å². The molecule has 1 atom stereocenters. The maximum absolute atomic E-state index is 5.45. The fourth-order valence-electron chi connectivity index (χ4n) is 2.62. The first-order valence-electron chi connectivity index (χ1n) is 6.80. The van der Waals surface area contributed by atoms with Crippen molar-refractivity contribution >= 4 is 0 Å². The van der Waals surface area contributed by atoms with E-state index in [0.29, 0.717) is 11.8 Å². The van der Waals surface area contributed by atoms with E-state index in [1.165, 1.54) is 18.4 Å². The number of hydrogen-bond acceptors (Lipinski definition) is 4. The highest BCUT2D eigenvalue weighted by Crippen LogP contribution is 2.35. The molecule has 1 saturated heterocycles. The average Bonchev–Trinajstić information content (AvgIpc) is 2.97. The molecule has 4 heteroatoms. The Labute approximate surface area is 115 Å². The molecule has 0 aliphatic carbocycles. The van der Waals surface area contributed by atoms with Gasteiger partial charge in [0, 0.05) is 12.1 Å². The Bertz CT molecular complexity index is 414. The second-order valence-electron chi connectivity index (χ2n) is 4.85. The molecule has 1 aromatic rings. The highest BCUT2D eigenvalue weighted by atomic mass is 16.5. The Hall–Kier alpha value is -1.42. The van der Waals surface area contributed by atoms with Gasteiger partial charge < -0.3 is 19.5 Å². The summed E-state index contributed by atoms with van der Waals surface area (Å²) in [4.78, 5) is 0. The largest absolute Gasteiger partial charge is 0.496 e. The maximum Gasteiger partial charge on any atom is 0.164 e. The van der Waals surface area contributed by atoms with Gasteiger partial charge in [0.25, 0.3) is 0 Å². The molecule has 1 aromatic carbocycles. The molecule has 0 bridgehead atoms. The Morgan fingerprint density at radius 2 is 1.74 bits per heavy atom. The van der Waals surface area contributed by atoms with Gasteiger partial charge in [-0.15, -0.1) is 0 Å². The molecular formula is C15H23NO3. The second kappa shape index (κ2) is 6.66. The van der Waals surface area contributed by atoms with Gasteiger partial charge >= 0.3 is 0 Å². The van der Waals surface area contributed by atoms with Crippen LogP contribution in [-0.4, -0.2) is 33.9 Å². The molecule has 0 spiro atoms. The lowest BCUT2D eigenvalue weighted by Crippen LogP contribution is -2.21. The minimum Gasteiger partial charge on any atom is -0.496 e. The minimum absolute atomic E-state index is 0.637. The lowest BCUT2D eigenvalue weighted by molar-refractivity contribution is 0.347. The average molecular weight is 265 g/mol. The highest BCUT2D eigenvalue weighted by molar-refractivity contribution is 5.50. The topological polar surface area (TPSA) is 39.7 Å². The zero-order valence-electron chi connectivity index (χ0n) is 12.0. The third-order valence-corrected chi connectivity index (χ3v) is 3.71. The van der Waals surface area contributed by atoms with Gasteiger partial charge in [0.05, 0.1) is 21.3 Å². The summed E-state index contributed by atoms with van der Waals surface area (Å²) in [6, 6.07) is 4.56. The molecule has 0 radical (unpaired) electrons. The van der Waals surface area contributed by atoms with Gasteiger partial charge in [-0.1, -0.05) is 0 Å². The van der Waals surface area contributed by atoms with Crippen LogP contribution in [0.15, 0.2) is 12.1 Å². The summed E-state index contributed by atoms with van der Waals surface area (Å²) in [6.45, 7) is 1.15. The predicted octanol–water partition coefficient (Wildman–Crippen LogP) is 2.40. The SMILES string of the molecule is COc1cc(OC)c(OC)cc1CCC1CCCN1. The van der Waals surface area contributed by atoms with Gasteiger partial charge in [0.1, 0.15) is 5.75 Å². The second-order valence-corrected chi connectivity index (χ2v) is 4.85. The fraction of sp³-hybridized carbons (Fsp3) is 0.600. The number of ether oxygens (including phenoxy) is 3. The summed E-state index contributed by atoms with van der Waals surface area (Å²) in [5, 5.41) is 3.52. The van der Waals surface area contributed by atoms with Gasteiger partial charge in [0.2, 0.25) is 0 Å². The zero-order valence-corrected chi connectivity index (χ0v) is 12.0. The van der Waals surface area contributed by atoms with Crippen LogP contribution in [0.1, 0.15) is 24.8 Å².